The second-order valence-corrected chi connectivity index (χ2v) is 4.87. The molecule has 0 amide bonds. The second kappa shape index (κ2) is 5.13. The Bertz CT molecular complexity index is 599. The molecule has 18 heavy (non-hydrogen) atoms. The number of hydrogen-bond donors (Lipinski definition) is 0. The first-order chi connectivity index (χ1) is 8.56. The molecular weight excluding hydrogens is 222 g/mol. The van der Waals surface area contributed by atoms with Gasteiger partial charge in [0, 0.05) is 25.2 Å². The van der Waals surface area contributed by atoms with Crippen LogP contribution in [-0.2, 0) is 0 Å². The summed E-state index contributed by atoms with van der Waals surface area (Å²) >= 11 is 0. The Morgan fingerprint density at radius 2 is 1.94 bits per heavy atom. The van der Waals surface area contributed by atoms with Crippen molar-refractivity contribution in [2.24, 2.45) is 0 Å². The van der Waals surface area contributed by atoms with E-state index >= 15 is 0 Å². The fraction of sp³-hybridized carbons (Fsp3) is 0.250. The molecule has 0 atom stereocenters. The zero-order valence-electron chi connectivity index (χ0n) is 11.4. The molecule has 1 heterocycles. The van der Waals surface area contributed by atoms with E-state index in [1.165, 1.54) is 11.3 Å². The van der Waals surface area contributed by atoms with Crippen LogP contribution >= 0.6 is 0 Å². The van der Waals surface area contributed by atoms with Gasteiger partial charge in [-0.1, -0.05) is 17.7 Å². The third kappa shape index (κ3) is 2.83. The summed E-state index contributed by atoms with van der Waals surface area (Å²) in [6, 6.07) is 8.28. The molecule has 0 saturated carbocycles. The lowest BCUT2D eigenvalue weighted by Gasteiger charge is -2.11. The maximum absolute atomic E-state index is 5.75. The monoisotopic (exact) mass is 241 g/mol. The SMILES string of the molecule is CC(C)=CC=Cc1cc2cc(N(C)C)ccc2o1. The summed E-state index contributed by atoms with van der Waals surface area (Å²) < 4.78 is 5.75. The largest absolute Gasteiger partial charge is 0.457 e. The van der Waals surface area contributed by atoms with Gasteiger partial charge >= 0.3 is 0 Å². The summed E-state index contributed by atoms with van der Waals surface area (Å²) in [5, 5.41) is 1.14. The molecule has 1 aromatic heterocycles. The predicted octanol–water partition coefficient (Wildman–Crippen LogP) is 4.48. The lowest BCUT2D eigenvalue weighted by atomic mass is 10.2. The third-order valence-corrected chi connectivity index (χ3v) is 2.73. The smallest absolute Gasteiger partial charge is 0.134 e. The lowest BCUT2D eigenvalue weighted by Crippen LogP contribution is -2.07. The first-order valence-corrected chi connectivity index (χ1v) is 6.09. The lowest BCUT2D eigenvalue weighted by molar-refractivity contribution is 0.604. The van der Waals surface area contributed by atoms with E-state index in [0.717, 1.165) is 16.7 Å². The molecule has 0 N–H and O–H groups in total. The number of hydrogen-bond acceptors (Lipinski definition) is 2. The van der Waals surface area contributed by atoms with E-state index < -0.39 is 0 Å². The number of furan rings is 1. The van der Waals surface area contributed by atoms with E-state index in [2.05, 4.69) is 43.0 Å². The molecule has 0 bridgehead atoms. The van der Waals surface area contributed by atoms with Crippen molar-refractivity contribution in [1.29, 1.82) is 0 Å². The summed E-state index contributed by atoms with van der Waals surface area (Å²) in [7, 11) is 4.08. The average Bonchev–Trinajstić information content (AvgIpc) is 2.69. The number of allylic oxidation sites excluding steroid dienone is 3. The molecule has 0 saturated heterocycles. The van der Waals surface area contributed by atoms with Gasteiger partial charge in [-0.25, -0.2) is 0 Å². The van der Waals surface area contributed by atoms with Gasteiger partial charge in [-0.3, -0.25) is 0 Å². The summed E-state index contributed by atoms with van der Waals surface area (Å²) in [5.41, 5.74) is 3.39. The van der Waals surface area contributed by atoms with Crippen LogP contribution in [0.3, 0.4) is 0 Å². The Balaban J connectivity index is 2.33. The summed E-state index contributed by atoms with van der Waals surface area (Å²) in [4.78, 5) is 2.09. The number of benzene rings is 1. The molecule has 0 fully saturated rings. The molecule has 0 spiro atoms. The maximum atomic E-state index is 5.75. The van der Waals surface area contributed by atoms with Gasteiger partial charge < -0.3 is 9.32 Å². The summed E-state index contributed by atoms with van der Waals surface area (Å²) in [6.07, 6.45) is 6.07. The molecule has 0 radical (unpaired) electrons. The van der Waals surface area contributed by atoms with E-state index in [0.29, 0.717) is 0 Å². The first kappa shape index (κ1) is 12.5. The molecule has 0 aliphatic rings. The molecule has 2 rings (SSSR count). The molecule has 0 aliphatic heterocycles. The van der Waals surface area contributed by atoms with E-state index in [1.54, 1.807) is 0 Å². The van der Waals surface area contributed by atoms with E-state index in [4.69, 9.17) is 4.42 Å². The van der Waals surface area contributed by atoms with Crippen LogP contribution in [0.25, 0.3) is 17.0 Å². The zero-order valence-corrected chi connectivity index (χ0v) is 11.4. The summed E-state index contributed by atoms with van der Waals surface area (Å²) in [5.74, 6) is 0.887. The Kier molecular flexibility index (Phi) is 3.56. The van der Waals surface area contributed by atoms with Crippen molar-refractivity contribution in [1.82, 2.24) is 0 Å². The quantitative estimate of drug-likeness (QED) is 0.737. The molecular formula is C16H19NO. The number of fused-ring (bicyclic) bond motifs is 1. The fourth-order valence-electron chi connectivity index (χ4n) is 1.75. The molecule has 2 nitrogen and oxygen atoms in total. The third-order valence-electron chi connectivity index (χ3n) is 2.73. The Labute approximate surface area is 108 Å². The fourth-order valence-corrected chi connectivity index (χ4v) is 1.75. The van der Waals surface area contributed by atoms with Crippen molar-refractivity contribution in [3.05, 3.63) is 47.8 Å². The average molecular weight is 241 g/mol. The predicted molar refractivity (Wildman–Crippen MR) is 79.0 cm³/mol. The molecule has 1 aromatic carbocycles. The van der Waals surface area contributed by atoms with Gasteiger partial charge in [0.2, 0.25) is 0 Å². The van der Waals surface area contributed by atoms with Gasteiger partial charge in [0.1, 0.15) is 11.3 Å². The van der Waals surface area contributed by atoms with Gasteiger partial charge in [-0.2, -0.15) is 0 Å². The van der Waals surface area contributed by atoms with Crippen LogP contribution in [0.4, 0.5) is 5.69 Å². The molecule has 2 aromatic rings. The van der Waals surface area contributed by atoms with Crippen LogP contribution in [0, 0.1) is 0 Å². The second-order valence-electron chi connectivity index (χ2n) is 4.87. The molecule has 0 unspecified atom stereocenters. The number of anilines is 1. The highest BCUT2D eigenvalue weighted by Gasteiger charge is 2.03. The minimum atomic E-state index is 0.887. The number of nitrogens with zero attached hydrogens (tertiary/aromatic N) is 1. The van der Waals surface area contributed by atoms with Crippen LogP contribution < -0.4 is 4.90 Å². The standard InChI is InChI=1S/C16H19NO/c1-12(2)6-5-7-15-11-13-10-14(17(3)4)8-9-16(13)18-15/h5-11H,1-4H3. The number of rotatable bonds is 3. The van der Waals surface area contributed by atoms with Crippen LogP contribution in [-0.4, -0.2) is 14.1 Å². The van der Waals surface area contributed by atoms with Crippen molar-refractivity contribution in [3.8, 4) is 0 Å². The minimum Gasteiger partial charge on any atom is -0.457 e. The first-order valence-electron chi connectivity index (χ1n) is 6.09. The van der Waals surface area contributed by atoms with Crippen LogP contribution in [0.1, 0.15) is 19.6 Å². The van der Waals surface area contributed by atoms with Crippen molar-refractivity contribution >= 4 is 22.7 Å². The van der Waals surface area contributed by atoms with Gasteiger partial charge in [-0.15, -0.1) is 0 Å². The van der Waals surface area contributed by atoms with Crippen molar-refractivity contribution in [2.75, 3.05) is 19.0 Å². The van der Waals surface area contributed by atoms with Gasteiger partial charge in [0.25, 0.3) is 0 Å². The highest BCUT2D eigenvalue weighted by atomic mass is 16.3. The van der Waals surface area contributed by atoms with E-state index in [9.17, 15) is 0 Å². The highest BCUT2D eigenvalue weighted by Crippen LogP contribution is 2.24. The van der Waals surface area contributed by atoms with Crippen LogP contribution in [0.2, 0.25) is 0 Å². The zero-order chi connectivity index (χ0) is 13.1. The van der Waals surface area contributed by atoms with Crippen molar-refractivity contribution in [2.45, 2.75) is 13.8 Å². The summed E-state index contributed by atoms with van der Waals surface area (Å²) in [6.45, 7) is 4.15. The van der Waals surface area contributed by atoms with Crippen molar-refractivity contribution in [3.63, 3.8) is 0 Å². The molecule has 94 valence electrons. The van der Waals surface area contributed by atoms with Gasteiger partial charge in [-0.05, 0) is 44.2 Å². The maximum Gasteiger partial charge on any atom is 0.134 e. The van der Waals surface area contributed by atoms with E-state index in [-0.39, 0.29) is 0 Å². The van der Waals surface area contributed by atoms with Crippen molar-refractivity contribution < 1.29 is 4.42 Å². The van der Waals surface area contributed by atoms with Crippen LogP contribution in [0.5, 0.6) is 0 Å². The van der Waals surface area contributed by atoms with Gasteiger partial charge in [0.05, 0.1) is 0 Å². The Morgan fingerprint density at radius 3 is 2.61 bits per heavy atom. The minimum absolute atomic E-state index is 0.887. The highest BCUT2D eigenvalue weighted by molar-refractivity contribution is 5.83. The van der Waals surface area contributed by atoms with Gasteiger partial charge in [0.15, 0.2) is 0 Å². The Hall–Kier alpha value is -1.96. The molecule has 2 heteroatoms. The van der Waals surface area contributed by atoms with Crippen LogP contribution in [0.15, 0.2) is 46.4 Å². The van der Waals surface area contributed by atoms with E-state index in [1.807, 2.05) is 32.3 Å². The normalized spacial score (nSPS) is 11.1. The topological polar surface area (TPSA) is 16.4 Å². The Morgan fingerprint density at radius 1 is 1.17 bits per heavy atom. The molecule has 0 aliphatic carbocycles.